The van der Waals surface area contributed by atoms with E-state index in [-0.39, 0.29) is 0 Å². The molecule has 2 aliphatic rings. The number of rotatable bonds is 1. The maximum Gasteiger partial charge on any atom is 0.0386 e. The topological polar surface area (TPSA) is 29.3 Å². The second kappa shape index (κ2) is 3.82. The SMILES string of the molecule is CCN1CCC(N)C12CCCCC2C. The molecule has 1 spiro atoms. The van der Waals surface area contributed by atoms with Crippen LogP contribution in [0.15, 0.2) is 0 Å². The lowest BCUT2D eigenvalue weighted by Gasteiger charge is -2.48. The van der Waals surface area contributed by atoms with Crippen LogP contribution in [-0.4, -0.2) is 29.6 Å². The molecular weight excluding hydrogens is 172 g/mol. The van der Waals surface area contributed by atoms with Crippen molar-refractivity contribution in [2.24, 2.45) is 11.7 Å². The summed E-state index contributed by atoms with van der Waals surface area (Å²) in [7, 11) is 0. The standard InChI is InChI=1S/C12H24N2/c1-3-14-9-7-11(13)12(14)8-5-4-6-10(12)2/h10-11H,3-9,13H2,1-2H3. The van der Waals surface area contributed by atoms with Crippen LogP contribution in [0.2, 0.25) is 0 Å². The van der Waals surface area contributed by atoms with Gasteiger partial charge in [0.15, 0.2) is 0 Å². The summed E-state index contributed by atoms with van der Waals surface area (Å²) in [4.78, 5) is 2.65. The van der Waals surface area contributed by atoms with Gasteiger partial charge in [0.2, 0.25) is 0 Å². The quantitative estimate of drug-likeness (QED) is 0.695. The second-order valence-electron chi connectivity index (χ2n) is 5.11. The highest BCUT2D eigenvalue weighted by Gasteiger charge is 2.50. The van der Waals surface area contributed by atoms with Gasteiger partial charge in [-0.3, -0.25) is 4.90 Å². The fourth-order valence-corrected chi connectivity index (χ4v) is 3.82. The van der Waals surface area contributed by atoms with Gasteiger partial charge in [-0.25, -0.2) is 0 Å². The summed E-state index contributed by atoms with van der Waals surface area (Å²) in [6.45, 7) is 7.09. The minimum absolute atomic E-state index is 0.368. The average Bonchev–Trinajstić information content (AvgIpc) is 2.50. The molecule has 14 heavy (non-hydrogen) atoms. The third-order valence-corrected chi connectivity index (χ3v) is 4.64. The van der Waals surface area contributed by atoms with Crippen molar-refractivity contribution in [3.63, 3.8) is 0 Å². The zero-order valence-corrected chi connectivity index (χ0v) is 9.63. The van der Waals surface area contributed by atoms with E-state index in [4.69, 9.17) is 5.73 Å². The number of likely N-dealkylation sites (tertiary alicyclic amines) is 1. The van der Waals surface area contributed by atoms with E-state index in [0.29, 0.717) is 11.6 Å². The number of hydrogen-bond donors (Lipinski definition) is 1. The molecule has 2 fully saturated rings. The maximum atomic E-state index is 6.36. The highest BCUT2D eigenvalue weighted by molar-refractivity contribution is 5.08. The van der Waals surface area contributed by atoms with Gasteiger partial charge in [-0.2, -0.15) is 0 Å². The van der Waals surface area contributed by atoms with E-state index in [1.165, 1.54) is 45.2 Å². The lowest BCUT2D eigenvalue weighted by molar-refractivity contribution is 0.0358. The van der Waals surface area contributed by atoms with Crippen LogP contribution in [0.3, 0.4) is 0 Å². The summed E-state index contributed by atoms with van der Waals surface area (Å²) in [5.74, 6) is 0.800. The van der Waals surface area contributed by atoms with Crippen molar-refractivity contribution in [2.45, 2.75) is 57.5 Å². The average molecular weight is 196 g/mol. The fourth-order valence-electron chi connectivity index (χ4n) is 3.82. The smallest absolute Gasteiger partial charge is 0.0386 e. The molecule has 0 bridgehead atoms. The molecule has 0 radical (unpaired) electrons. The van der Waals surface area contributed by atoms with Gasteiger partial charge >= 0.3 is 0 Å². The normalized spacial score (nSPS) is 44.8. The molecule has 2 rings (SSSR count). The Hall–Kier alpha value is -0.0800. The summed E-state index contributed by atoms with van der Waals surface area (Å²) in [5, 5.41) is 0. The first-order valence-electron chi connectivity index (χ1n) is 6.22. The first kappa shape index (κ1) is 10.4. The highest BCUT2D eigenvalue weighted by atomic mass is 15.2. The minimum atomic E-state index is 0.368. The van der Waals surface area contributed by atoms with Crippen LogP contribution >= 0.6 is 0 Å². The molecule has 2 nitrogen and oxygen atoms in total. The van der Waals surface area contributed by atoms with Gasteiger partial charge in [-0.1, -0.05) is 26.7 Å². The Labute approximate surface area is 87.8 Å². The van der Waals surface area contributed by atoms with Crippen LogP contribution in [-0.2, 0) is 0 Å². The molecule has 0 aromatic rings. The second-order valence-corrected chi connectivity index (χ2v) is 5.11. The molecule has 82 valence electrons. The molecular formula is C12H24N2. The Morgan fingerprint density at radius 3 is 2.79 bits per heavy atom. The minimum Gasteiger partial charge on any atom is -0.326 e. The van der Waals surface area contributed by atoms with E-state index in [0.717, 1.165) is 5.92 Å². The van der Waals surface area contributed by atoms with E-state index in [1.807, 2.05) is 0 Å². The van der Waals surface area contributed by atoms with Gasteiger partial charge in [0.05, 0.1) is 0 Å². The molecule has 1 aliphatic carbocycles. The number of likely N-dealkylation sites (N-methyl/N-ethyl adjacent to an activating group) is 1. The van der Waals surface area contributed by atoms with Crippen LogP contribution in [0.25, 0.3) is 0 Å². The van der Waals surface area contributed by atoms with Crippen LogP contribution in [0.1, 0.15) is 46.0 Å². The van der Waals surface area contributed by atoms with Crippen molar-refractivity contribution >= 4 is 0 Å². The van der Waals surface area contributed by atoms with Crippen molar-refractivity contribution in [1.29, 1.82) is 0 Å². The summed E-state index contributed by atoms with van der Waals surface area (Å²) >= 11 is 0. The molecule has 2 heteroatoms. The summed E-state index contributed by atoms with van der Waals surface area (Å²) in [5.41, 5.74) is 6.73. The third kappa shape index (κ3) is 1.31. The third-order valence-electron chi connectivity index (χ3n) is 4.64. The van der Waals surface area contributed by atoms with Crippen LogP contribution in [0.4, 0.5) is 0 Å². The summed E-state index contributed by atoms with van der Waals surface area (Å²) < 4.78 is 0. The number of hydrogen-bond acceptors (Lipinski definition) is 2. The monoisotopic (exact) mass is 196 g/mol. The molecule has 0 amide bonds. The molecule has 2 N–H and O–H groups in total. The van der Waals surface area contributed by atoms with Crippen molar-refractivity contribution in [3.8, 4) is 0 Å². The predicted molar refractivity (Wildman–Crippen MR) is 60.2 cm³/mol. The summed E-state index contributed by atoms with van der Waals surface area (Å²) in [6, 6.07) is 0.428. The van der Waals surface area contributed by atoms with Crippen LogP contribution < -0.4 is 5.73 Å². The van der Waals surface area contributed by atoms with Crippen LogP contribution in [0.5, 0.6) is 0 Å². The highest BCUT2D eigenvalue weighted by Crippen LogP contribution is 2.44. The first-order valence-corrected chi connectivity index (χ1v) is 6.22. The van der Waals surface area contributed by atoms with E-state index in [2.05, 4.69) is 18.7 Å². The molecule has 0 aromatic heterocycles. The number of nitrogens with two attached hydrogens (primary N) is 1. The van der Waals surface area contributed by atoms with Gasteiger partial charge in [0, 0.05) is 18.1 Å². The largest absolute Gasteiger partial charge is 0.326 e. The van der Waals surface area contributed by atoms with E-state index < -0.39 is 0 Å². The zero-order chi connectivity index (χ0) is 10.2. The van der Waals surface area contributed by atoms with Gasteiger partial charge in [-0.15, -0.1) is 0 Å². The lowest BCUT2D eigenvalue weighted by atomic mass is 9.70. The van der Waals surface area contributed by atoms with E-state index >= 15 is 0 Å². The Balaban J connectivity index is 2.23. The molecule has 1 heterocycles. The Bertz CT molecular complexity index is 204. The van der Waals surface area contributed by atoms with Crippen molar-refractivity contribution < 1.29 is 0 Å². The van der Waals surface area contributed by atoms with Gasteiger partial charge in [-0.05, 0) is 31.7 Å². The fraction of sp³-hybridized carbons (Fsp3) is 1.00. The molecule has 1 aliphatic heterocycles. The molecule has 0 aromatic carbocycles. The Morgan fingerprint density at radius 1 is 1.36 bits per heavy atom. The Kier molecular flexibility index (Phi) is 2.85. The van der Waals surface area contributed by atoms with Gasteiger partial charge in [0.25, 0.3) is 0 Å². The van der Waals surface area contributed by atoms with E-state index in [9.17, 15) is 0 Å². The molecule has 1 saturated carbocycles. The summed E-state index contributed by atoms with van der Waals surface area (Å²) in [6.07, 6.45) is 6.72. The van der Waals surface area contributed by atoms with Gasteiger partial charge in [0.1, 0.15) is 0 Å². The van der Waals surface area contributed by atoms with Gasteiger partial charge < -0.3 is 5.73 Å². The predicted octanol–water partition coefficient (Wildman–Crippen LogP) is 1.99. The number of nitrogens with zero attached hydrogens (tertiary/aromatic N) is 1. The Morgan fingerprint density at radius 2 is 2.14 bits per heavy atom. The van der Waals surface area contributed by atoms with Crippen molar-refractivity contribution in [2.75, 3.05) is 13.1 Å². The molecule has 3 atom stereocenters. The zero-order valence-electron chi connectivity index (χ0n) is 9.63. The van der Waals surface area contributed by atoms with Crippen molar-refractivity contribution in [1.82, 2.24) is 4.90 Å². The molecule has 1 saturated heterocycles. The molecule has 3 unspecified atom stereocenters. The lowest BCUT2D eigenvalue weighted by Crippen LogP contribution is -2.59. The van der Waals surface area contributed by atoms with Crippen molar-refractivity contribution in [3.05, 3.63) is 0 Å². The van der Waals surface area contributed by atoms with E-state index in [1.54, 1.807) is 0 Å². The first-order chi connectivity index (χ1) is 6.71. The maximum absolute atomic E-state index is 6.36. The van der Waals surface area contributed by atoms with Crippen LogP contribution in [0, 0.1) is 5.92 Å².